The first-order chi connectivity index (χ1) is 68.6. The van der Waals surface area contributed by atoms with Crippen molar-refractivity contribution in [3.8, 4) is 157 Å². The topological polar surface area (TPSA) is 71.3 Å². The maximum atomic E-state index is 5.24. The number of para-hydroxylation sites is 4. The van der Waals surface area contributed by atoms with Gasteiger partial charge in [-0.3, -0.25) is 0 Å². The number of hydrogen-bond donors (Lipinski definition) is 0. The molecule has 0 bridgehead atoms. The molecule has 0 unspecified atom stereocenters. The quantitative estimate of drug-likeness (QED) is 0.103. The molecule has 0 atom stereocenters. The molecule has 0 amide bonds. The first-order valence-corrected chi connectivity index (χ1v) is 47.6. The van der Waals surface area contributed by atoms with Crippen LogP contribution < -0.4 is 0 Å². The number of nitrogens with zero attached hydrogens (tertiary/aromatic N) is 8. The summed E-state index contributed by atoms with van der Waals surface area (Å²) in [5.74, 6) is 1.40. The summed E-state index contributed by atoms with van der Waals surface area (Å²) < 4.78 is 9.56. The average molecular weight is 1770 g/mol. The van der Waals surface area contributed by atoms with Crippen molar-refractivity contribution in [1.82, 2.24) is 38.2 Å². The molecule has 0 saturated heterocycles. The Morgan fingerprint density at radius 1 is 0.151 bits per heavy atom. The van der Waals surface area contributed by atoms with Gasteiger partial charge in [0.1, 0.15) is 0 Å². The van der Waals surface area contributed by atoms with Gasteiger partial charge in [0.25, 0.3) is 0 Å². The third kappa shape index (κ3) is 14.4. The van der Waals surface area contributed by atoms with E-state index in [4.69, 9.17) is 19.9 Å². The Kier molecular flexibility index (Phi) is 19.8. The van der Waals surface area contributed by atoms with Crippen LogP contribution in [0.3, 0.4) is 0 Å². The Labute approximate surface area is 805 Å². The van der Waals surface area contributed by atoms with Gasteiger partial charge in [-0.05, 0) is 236 Å². The number of hydrogen-bond acceptors (Lipinski definition) is 4. The van der Waals surface area contributed by atoms with Gasteiger partial charge in [0, 0.05) is 105 Å². The molecule has 0 saturated carbocycles. The molecule has 1 aliphatic carbocycles. The third-order valence-corrected chi connectivity index (χ3v) is 28.3. The van der Waals surface area contributed by atoms with E-state index < -0.39 is 0 Å². The van der Waals surface area contributed by atoms with Crippen LogP contribution in [0, 0.1) is 0 Å². The fourth-order valence-corrected chi connectivity index (χ4v) is 21.4. The maximum Gasteiger partial charge on any atom is 0.160 e. The minimum atomic E-state index is -0.118. The molecule has 652 valence electrons. The molecule has 0 fully saturated rings. The molecule has 0 spiro atoms. The van der Waals surface area contributed by atoms with Gasteiger partial charge in [-0.25, -0.2) is 19.9 Å². The van der Waals surface area contributed by atoms with E-state index in [0.717, 1.165) is 107 Å². The van der Waals surface area contributed by atoms with Crippen LogP contribution in [0.1, 0.15) is 25.0 Å². The Morgan fingerprint density at radius 2 is 0.396 bits per heavy atom. The van der Waals surface area contributed by atoms with E-state index >= 15 is 0 Å². The largest absolute Gasteiger partial charge is 0.309 e. The van der Waals surface area contributed by atoms with Gasteiger partial charge in [0.05, 0.1) is 66.9 Å². The molecule has 26 aromatic rings. The summed E-state index contributed by atoms with van der Waals surface area (Å²) in [6, 6.07) is 179. The van der Waals surface area contributed by atoms with Crippen LogP contribution in [0.15, 0.2) is 497 Å². The molecule has 20 aromatic carbocycles. The van der Waals surface area contributed by atoms with Crippen LogP contribution >= 0.6 is 0 Å². The zero-order valence-electron chi connectivity index (χ0n) is 76.4. The first-order valence-electron chi connectivity index (χ1n) is 47.6. The molecule has 1 aliphatic rings. The van der Waals surface area contributed by atoms with Gasteiger partial charge in [0.15, 0.2) is 11.6 Å². The van der Waals surface area contributed by atoms with Gasteiger partial charge in [-0.1, -0.05) is 354 Å². The second kappa shape index (κ2) is 33.7. The molecule has 8 heteroatoms. The lowest BCUT2D eigenvalue weighted by atomic mass is 9.82. The monoisotopic (exact) mass is 1770 g/mol. The molecule has 27 rings (SSSR count). The van der Waals surface area contributed by atoms with Gasteiger partial charge in [-0.2, -0.15) is 0 Å². The van der Waals surface area contributed by atoms with Crippen molar-refractivity contribution < 1.29 is 0 Å². The van der Waals surface area contributed by atoms with Crippen molar-refractivity contribution in [1.29, 1.82) is 0 Å². The minimum Gasteiger partial charge on any atom is -0.309 e. The molecule has 6 aromatic heterocycles. The Hall–Kier alpha value is -18.2. The maximum absolute atomic E-state index is 5.24. The summed E-state index contributed by atoms with van der Waals surface area (Å²) in [4.78, 5) is 20.8. The number of aromatic nitrogens is 8. The Bertz CT molecular complexity index is 9280. The van der Waals surface area contributed by atoms with Crippen molar-refractivity contribution in [3.63, 3.8) is 0 Å². The molecule has 8 nitrogen and oxygen atoms in total. The standard InChI is InChI=1S/C67H46N4.C64H42N4/c1-67(2)58-24-14-12-22-52(58)53-34-28-49(41-59(53)67)61-42-60(68-66(69-61)45-18-8-4-9-19-45)44-26-32-51(33-27-44)71-64-35-29-46(43-16-6-3-7-17-43)38-56(64)57-40-48(31-37-65(57)71)47-30-36-63-55(39-47)54-23-13-15-25-62(54)70(63)50-20-10-5-11-21-50;1-5-16-43(17-6-1)47-22-15-23-51(38-47)59-42-58(65-64(66-59)46-20-9-3-10-21-46)45-28-33-53(34-29-45)68-62-35-30-48(44-18-7-2-8-19-44)39-56(62)57-41-50(32-37-63(57)68)49-31-36-61-55(40-49)54-26-13-14-27-60(54)67(61)52-24-11-4-12-25-52/h3-42H,1-2H3;1-42H. The SMILES string of the molecule is CC1(C)c2ccccc2-c2ccc(-c3cc(-c4ccc(-n5c6ccc(-c7ccccc7)cc6c6cc(-c7ccc8c(c7)c7ccccc7n8-c7ccccc7)ccc65)cc4)nc(-c4ccccc4)n3)cc21.c1ccc(-c2cccc(-c3cc(-c4ccc(-n5c6ccc(-c7ccccc7)cc6c6cc(-c7ccc8c(c7)c7ccccc7n8-c7ccccc7)ccc65)cc4)nc(-c4ccccc4)n3)c2)cc1. The first kappa shape index (κ1) is 81.5. The summed E-state index contributed by atoms with van der Waals surface area (Å²) in [6.45, 7) is 4.66. The van der Waals surface area contributed by atoms with E-state index in [-0.39, 0.29) is 5.41 Å². The highest BCUT2D eigenvalue weighted by Gasteiger charge is 2.36. The summed E-state index contributed by atoms with van der Waals surface area (Å²) >= 11 is 0. The van der Waals surface area contributed by atoms with Crippen LogP contribution in [-0.4, -0.2) is 38.2 Å². The normalized spacial score (nSPS) is 12.2. The third-order valence-electron chi connectivity index (χ3n) is 28.3. The summed E-state index contributed by atoms with van der Waals surface area (Å²) in [6.07, 6.45) is 0. The lowest BCUT2D eigenvalue weighted by molar-refractivity contribution is 0.660. The van der Waals surface area contributed by atoms with Crippen LogP contribution in [0.4, 0.5) is 0 Å². The minimum absolute atomic E-state index is 0.118. The van der Waals surface area contributed by atoms with E-state index in [1.165, 1.54) is 137 Å². The van der Waals surface area contributed by atoms with Gasteiger partial charge < -0.3 is 18.3 Å². The van der Waals surface area contributed by atoms with Crippen molar-refractivity contribution in [2.75, 3.05) is 0 Å². The van der Waals surface area contributed by atoms with E-state index in [9.17, 15) is 0 Å². The van der Waals surface area contributed by atoms with E-state index in [1.54, 1.807) is 0 Å². The molecule has 6 heterocycles. The van der Waals surface area contributed by atoms with Crippen LogP contribution in [-0.2, 0) is 5.41 Å². The number of benzene rings is 20. The van der Waals surface area contributed by atoms with Gasteiger partial charge in [0.2, 0.25) is 0 Å². The lowest BCUT2D eigenvalue weighted by Gasteiger charge is -2.22. The Balaban J connectivity index is 0.000000143. The Morgan fingerprint density at radius 3 is 0.770 bits per heavy atom. The summed E-state index contributed by atoms with van der Waals surface area (Å²) in [5.41, 5.74) is 40.6. The number of fused-ring (bicyclic) bond motifs is 15. The highest BCUT2D eigenvalue weighted by molar-refractivity contribution is 6.16. The average Bonchev–Trinajstić information content (AvgIpc) is 1.58. The predicted molar refractivity (Wildman–Crippen MR) is 579 cm³/mol. The highest BCUT2D eigenvalue weighted by Crippen LogP contribution is 2.51. The van der Waals surface area contributed by atoms with E-state index in [2.05, 4.69) is 505 Å². The molecular formula is C131H88N8. The van der Waals surface area contributed by atoms with Crippen LogP contribution in [0.5, 0.6) is 0 Å². The smallest absolute Gasteiger partial charge is 0.160 e. The fraction of sp³-hybridized carbons (Fsp3) is 0.0229. The highest BCUT2D eigenvalue weighted by atomic mass is 15.0. The zero-order valence-corrected chi connectivity index (χ0v) is 76.4. The van der Waals surface area contributed by atoms with Crippen LogP contribution in [0.2, 0.25) is 0 Å². The molecule has 0 aliphatic heterocycles. The molecule has 0 N–H and O–H groups in total. The predicted octanol–water partition coefficient (Wildman–Crippen LogP) is 34.0. The molecular weight excluding hydrogens is 1690 g/mol. The van der Waals surface area contributed by atoms with Crippen molar-refractivity contribution in [3.05, 3.63) is 509 Å². The van der Waals surface area contributed by atoms with Crippen LogP contribution in [0.25, 0.3) is 245 Å². The van der Waals surface area contributed by atoms with Gasteiger partial charge in [-0.15, -0.1) is 0 Å². The van der Waals surface area contributed by atoms with Crippen molar-refractivity contribution in [2.24, 2.45) is 0 Å². The van der Waals surface area contributed by atoms with Crippen molar-refractivity contribution >= 4 is 87.2 Å². The van der Waals surface area contributed by atoms with E-state index in [0.29, 0.717) is 11.6 Å². The molecule has 0 radical (unpaired) electrons. The zero-order chi connectivity index (χ0) is 92.2. The fourth-order valence-electron chi connectivity index (χ4n) is 21.4. The van der Waals surface area contributed by atoms with Gasteiger partial charge >= 0.3 is 0 Å². The summed E-state index contributed by atoms with van der Waals surface area (Å²) in [5, 5.41) is 9.80. The summed E-state index contributed by atoms with van der Waals surface area (Å²) in [7, 11) is 0. The second-order valence-corrected chi connectivity index (χ2v) is 36.8. The molecule has 139 heavy (non-hydrogen) atoms. The van der Waals surface area contributed by atoms with E-state index in [1.807, 2.05) is 24.3 Å². The van der Waals surface area contributed by atoms with Crippen molar-refractivity contribution in [2.45, 2.75) is 19.3 Å². The second-order valence-electron chi connectivity index (χ2n) is 36.8. The number of rotatable bonds is 15. The lowest BCUT2D eigenvalue weighted by Crippen LogP contribution is -2.14.